The van der Waals surface area contributed by atoms with Gasteiger partial charge in [-0.25, -0.2) is 18.6 Å². The molecule has 0 aromatic heterocycles. The standard InChI is InChI=1S/C14H16F2N2O3/c1-3-20-13-8-11(14(19)21-4-2)17-18(13)12-6-5-9(15)7-10(12)16/h5-7,13H,3-4,8H2,1-2H3. The largest absolute Gasteiger partial charge is 0.461 e. The summed E-state index contributed by atoms with van der Waals surface area (Å²) >= 11 is 0. The van der Waals surface area contributed by atoms with Gasteiger partial charge in [-0.2, -0.15) is 5.10 Å². The fourth-order valence-electron chi connectivity index (χ4n) is 2.02. The zero-order valence-corrected chi connectivity index (χ0v) is 11.8. The summed E-state index contributed by atoms with van der Waals surface area (Å²) in [6.45, 7) is 4.06. The van der Waals surface area contributed by atoms with E-state index in [2.05, 4.69) is 5.10 Å². The van der Waals surface area contributed by atoms with Crippen molar-refractivity contribution in [3.8, 4) is 0 Å². The van der Waals surface area contributed by atoms with Gasteiger partial charge < -0.3 is 9.47 Å². The average Bonchev–Trinajstić information content (AvgIpc) is 2.83. The molecule has 0 radical (unpaired) electrons. The van der Waals surface area contributed by atoms with Crippen LogP contribution in [0, 0.1) is 11.6 Å². The average molecular weight is 298 g/mol. The van der Waals surface area contributed by atoms with Crippen molar-refractivity contribution in [3.63, 3.8) is 0 Å². The molecule has 0 N–H and O–H groups in total. The van der Waals surface area contributed by atoms with Crippen molar-refractivity contribution in [3.05, 3.63) is 29.8 Å². The Balaban J connectivity index is 2.30. The van der Waals surface area contributed by atoms with Gasteiger partial charge in [0.2, 0.25) is 0 Å². The highest BCUT2D eigenvalue weighted by molar-refractivity contribution is 6.37. The number of carbonyl (C=O) groups excluding carboxylic acids is 1. The summed E-state index contributed by atoms with van der Waals surface area (Å²) in [7, 11) is 0. The Hall–Kier alpha value is -2.02. The Bertz CT molecular complexity index is 563. The van der Waals surface area contributed by atoms with Crippen molar-refractivity contribution in [1.29, 1.82) is 0 Å². The van der Waals surface area contributed by atoms with Crippen LogP contribution in [0.5, 0.6) is 0 Å². The van der Waals surface area contributed by atoms with Crippen LogP contribution in [0.3, 0.4) is 0 Å². The zero-order chi connectivity index (χ0) is 15.4. The molecule has 0 saturated carbocycles. The van der Waals surface area contributed by atoms with E-state index in [-0.39, 0.29) is 24.4 Å². The molecule has 0 aliphatic carbocycles. The molecule has 1 aliphatic heterocycles. The Morgan fingerprint density at radius 2 is 2.14 bits per heavy atom. The van der Waals surface area contributed by atoms with E-state index in [1.807, 2.05) is 0 Å². The fraction of sp³-hybridized carbons (Fsp3) is 0.429. The topological polar surface area (TPSA) is 51.1 Å². The number of nitrogens with zero attached hydrogens (tertiary/aromatic N) is 2. The monoisotopic (exact) mass is 298 g/mol. The molecule has 1 aliphatic rings. The number of hydrogen-bond acceptors (Lipinski definition) is 5. The van der Waals surface area contributed by atoms with Gasteiger partial charge in [-0.1, -0.05) is 0 Å². The quantitative estimate of drug-likeness (QED) is 0.784. The first kappa shape index (κ1) is 15.4. The Morgan fingerprint density at radius 3 is 2.76 bits per heavy atom. The van der Waals surface area contributed by atoms with Gasteiger partial charge in [0.25, 0.3) is 0 Å². The molecule has 2 rings (SSSR count). The second-order valence-electron chi connectivity index (χ2n) is 4.32. The highest BCUT2D eigenvalue weighted by Gasteiger charge is 2.33. The summed E-state index contributed by atoms with van der Waals surface area (Å²) in [5.41, 5.74) is 0.202. The van der Waals surface area contributed by atoms with Gasteiger partial charge in [0.05, 0.1) is 12.3 Å². The van der Waals surface area contributed by atoms with Gasteiger partial charge in [-0.05, 0) is 26.0 Å². The summed E-state index contributed by atoms with van der Waals surface area (Å²) in [4.78, 5) is 11.7. The van der Waals surface area contributed by atoms with Gasteiger partial charge in [-0.15, -0.1) is 0 Å². The third-order valence-electron chi connectivity index (χ3n) is 2.90. The van der Waals surface area contributed by atoms with Crippen LogP contribution < -0.4 is 5.01 Å². The number of carbonyl (C=O) groups is 1. The molecule has 0 bridgehead atoms. The van der Waals surface area contributed by atoms with Crippen LogP contribution in [-0.4, -0.2) is 31.1 Å². The summed E-state index contributed by atoms with van der Waals surface area (Å²) in [6, 6.07) is 3.14. The third-order valence-corrected chi connectivity index (χ3v) is 2.90. The maximum atomic E-state index is 13.9. The molecule has 0 spiro atoms. The number of halogens is 2. The van der Waals surface area contributed by atoms with Crippen molar-refractivity contribution >= 4 is 17.4 Å². The van der Waals surface area contributed by atoms with E-state index in [0.717, 1.165) is 12.1 Å². The molecule has 0 amide bonds. The number of benzene rings is 1. The smallest absolute Gasteiger partial charge is 0.354 e. The minimum atomic E-state index is -0.770. The predicted octanol–water partition coefficient (Wildman–Crippen LogP) is 2.46. The Kier molecular flexibility index (Phi) is 4.85. The summed E-state index contributed by atoms with van der Waals surface area (Å²) in [6.07, 6.45) is -0.432. The van der Waals surface area contributed by atoms with Gasteiger partial charge in [0.15, 0.2) is 17.8 Å². The van der Waals surface area contributed by atoms with Crippen molar-refractivity contribution in [2.45, 2.75) is 26.5 Å². The molecule has 1 aromatic rings. The normalized spacial score (nSPS) is 17.8. The number of rotatable bonds is 5. The van der Waals surface area contributed by atoms with E-state index < -0.39 is 23.8 Å². The second-order valence-corrected chi connectivity index (χ2v) is 4.32. The highest BCUT2D eigenvalue weighted by atomic mass is 19.1. The molecule has 21 heavy (non-hydrogen) atoms. The SMILES string of the molecule is CCOC(=O)C1=NN(c2ccc(F)cc2F)C(OCC)C1. The Morgan fingerprint density at radius 1 is 1.38 bits per heavy atom. The Labute approximate surface area is 121 Å². The van der Waals surface area contributed by atoms with Crippen LogP contribution in [0.15, 0.2) is 23.3 Å². The van der Waals surface area contributed by atoms with E-state index in [0.29, 0.717) is 6.61 Å². The number of hydrogen-bond donors (Lipinski definition) is 0. The van der Waals surface area contributed by atoms with Crippen molar-refractivity contribution in [2.24, 2.45) is 5.10 Å². The van der Waals surface area contributed by atoms with Crippen LogP contribution in [0.25, 0.3) is 0 Å². The van der Waals surface area contributed by atoms with Crippen LogP contribution in [0.1, 0.15) is 20.3 Å². The first-order valence-corrected chi connectivity index (χ1v) is 6.67. The van der Waals surface area contributed by atoms with Crippen LogP contribution >= 0.6 is 0 Å². The number of anilines is 1. The van der Waals surface area contributed by atoms with E-state index in [1.165, 1.54) is 11.1 Å². The maximum Gasteiger partial charge on any atom is 0.354 e. The summed E-state index contributed by atoms with van der Waals surface area (Å²) in [5, 5.41) is 5.30. The molecule has 114 valence electrons. The van der Waals surface area contributed by atoms with Crippen molar-refractivity contribution in [1.82, 2.24) is 0 Å². The zero-order valence-electron chi connectivity index (χ0n) is 11.8. The van der Waals surface area contributed by atoms with E-state index in [9.17, 15) is 13.6 Å². The van der Waals surface area contributed by atoms with E-state index >= 15 is 0 Å². The lowest BCUT2D eigenvalue weighted by Crippen LogP contribution is -2.30. The molecule has 7 heteroatoms. The maximum absolute atomic E-state index is 13.9. The minimum Gasteiger partial charge on any atom is -0.461 e. The molecule has 1 unspecified atom stereocenters. The first-order valence-electron chi connectivity index (χ1n) is 6.67. The molecule has 1 atom stereocenters. The van der Waals surface area contributed by atoms with Crippen molar-refractivity contribution in [2.75, 3.05) is 18.2 Å². The predicted molar refractivity (Wildman–Crippen MR) is 72.9 cm³/mol. The lowest BCUT2D eigenvalue weighted by molar-refractivity contribution is -0.135. The van der Waals surface area contributed by atoms with Gasteiger partial charge >= 0.3 is 5.97 Å². The minimum absolute atomic E-state index is 0.0501. The molecular weight excluding hydrogens is 282 g/mol. The third kappa shape index (κ3) is 3.36. The summed E-state index contributed by atoms with van der Waals surface area (Å²) in [5.74, 6) is -2.02. The molecule has 0 saturated heterocycles. The summed E-state index contributed by atoms with van der Waals surface area (Å²) < 4.78 is 37.2. The fourth-order valence-corrected chi connectivity index (χ4v) is 2.02. The van der Waals surface area contributed by atoms with Gasteiger partial charge in [0, 0.05) is 19.1 Å². The molecule has 0 fully saturated rings. The number of ether oxygens (including phenoxy) is 2. The lowest BCUT2D eigenvalue weighted by atomic mass is 10.2. The number of esters is 1. The highest BCUT2D eigenvalue weighted by Crippen LogP contribution is 2.28. The van der Waals surface area contributed by atoms with Crippen molar-refractivity contribution < 1.29 is 23.0 Å². The molecule has 1 aromatic carbocycles. The number of hydrazone groups is 1. The van der Waals surface area contributed by atoms with Crippen LogP contribution in [0.4, 0.5) is 14.5 Å². The lowest BCUT2D eigenvalue weighted by Gasteiger charge is -2.23. The van der Waals surface area contributed by atoms with Crippen LogP contribution in [0.2, 0.25) is 0 Å². The molecule has 1 heterocycles. The molecular formula is C14H16F2N2O3. The second kappa shape index (κ2) is 6.62. The van der Waals surface area contributed by atoms with E-state index in [4.69, 9.17) is 9.47 Å². The molecule has 5 nitrogen and oxygen atoms in total. The van der Waals surface area contributed by atoms with Crippen LogP contribution in [-0.2, 0) is 14.3 Å². The van der Waals surface area contributed by atoms with Gasteiger partial charge in [-0.3, -0.25) is 0 Å². The first-order chi connectivity index (χ1) is 10.1. The van der Waals surface area contributed by atoms with E-state index in [1.54, 1.807) is 13.8 Å². The van der Waals surface area contributed by atoms with Gasteiger partial charge in [0.1, 0.15) is 5.82 Å².